The first-order chi connectivity index (χ1) is 8.95. The van der Waals surface area contributed by atoms with E-state index in [-0.39, 0.29) is 11.8 Å². The van der Waals surface area contributed by atoms with E-state index >= 15 is 0 Å². The van der Waals surface area contributed by atoms with Crippen molar-refractivity contribution in [2.75, 3.05) is 25.4 Å². The highest BCUT2D eigenvalue weighted by Gasteiger charge is 2.47. The molecule has 19 heavy (non-hydrogen) atoms. The highest BCUT2D eigenvalue weighted by molar-refractivity contribution is 7.89. The number of hydrogen-bond donors (Lipinski definition) is 1. The molecule has 0 radical (unpaired) electrons. The Morgan fingerprint density at radius 3 is 2.47 bits per heavy atom. The van der Waals surface area contributed by atoms with Crippen molar-refractivity contribution in [3.63, 3.8) is 0 Å². The van der Waals surface area contributed by atoms with Gasteiger partial charge in [-0.1, -0.05) is 6.42 Å². The number of hydrogen-bond acceptors (Lipinski definition) is 4. The highest BCUT2D eigenvalue weighted by Crippen LogP contribution is 2.45. The summed E-state index contributed by atoms with van der Waals surface area (Å²) in [7, 11) is -3.34. The molecule has 0 unspecified atom stereocenters. The van der Waals surface area contributed by atoms with Crippen LogP contribution in [0.4, 0.5) is 0 Å². The van der Waals surface area contributed by atoms with Crippen molar-refractivity contribution in [3.8, 4) is 6.07 Å². The first-order valence-electron chi connectivity index (χ1n) is 7.08. The monoisotopic (exact) mass is 285 g/mol. The van der Waals surface area contributed by atoms with Gasteiger partial charge in [-0.05, 0) is 45.7 Å². The van der Waals surface area contributed by atoms with Gasteiger partial charge in [-0.25, -0.2) is 13.1 Å². The van der Waals surface area contributed by atoms with Gasteiger partial charge in [0, 0.05) is 12.6 Å². The van der Waals surface area contributed by atoms with Gasteiger partial charge in [0.25, 0.3) is 0 Å². The maximum absolute atomic E-state index is 12.0. The Bertz CT molecular complexity index is 445. The molecule has 1 atom stereocenters. The third-order valence-corrected chi connectivity index (χ3v) is 5.61. The minimum Gasteiger partial charge on any atom is -0.302 e. The molecule has 0 bridgehead atoms. The standard InChI is InChI=1S/C13H23N3O2S/c1-12(9-16-7-3-2-4-8-16)15-19(17,18)11-13(10-14)5-6-13/h12,15H,2-9,11H2,1H3/t12-/m1/s1. The van der Waals surface area contributed by atoms with Crippen molar-refractivity contribution < 1.29 is 8.42 Å². The van der Waals surface area contributed by atoms with Crippen LogP contribution >= 0.6 is 0 Å². The molecule has 0 spiro atoms. The number of nitriles is 1. The number of nitrogens with zero attached hydrogens (tertiary/aromatic N) is 2. The summed E-state index contributed by atoms with van der Waals surface area (Å²) in [6.45, 7) is 4.79. The zero-order valence-electron chi connectivity index (χ0n) is 11.6. The maximum atomic E-state index is 12.0. The van der Waals surface area contributed by atoms with Crippen LogP contribution < -0.4 is 4.72 Å². The summed E-state index contributed by atoms with van der Waals surface area (Å²) in [5.41, 5.74) is -0.601. The second-order valence-corrected chi connectivity index (χ2v) is 7.79. The molecule has 2 fully saturated rings. The molecule has 2 aliphatic rings. The quantitative estimate of drug-likeness (QED) is 0.792. The number of rotatable bonds is 6. The Morgan fingerprint density at radius 1 is 1.32 bits per heavy atom. The Hall–Kier alpha value is -0.640. The van der Waals surface area contributed by atoms with Crippen molar-refractivity contribution >= 4 is 10.0 Å². The predicted molar refractivity (Wildman–Crippen MR) is 74.0 cm³/mol. The van der Waals surface area contributed by atoms with E-state index in [1.807, 2.05) is 6.92 Å². The summed E-state index contributed by atoms with van der Waals surface area (Å²) in [4.78, 5) is 2.31. The van der Waals surface area contributed by atoms with Gasteiger partial charge >= 0.3 is 0 Å². The summed E-state index contributed by atoms with van der Waals surface area (Å²) in [5.74, 6) is -0.0408. The lowest BCUT2D eigenvalue weighted by Crippen LogP contribution is -2.45. The lowest BCUT2D eigenvalue weighted by molar-refractivity contribution is 0.215. The van der Waals surface area contributed by atoms with E-state index in [0.29, 0.717) is 12.8 Å². The molecule has 1 aliphatic heterocycles. The molecule has 108 valence electrons. The summed E-state index contributed by atoms with van der Waals surface area (Å²) < 4.78 is 26.7. The smallest absolute Gasteiger partial charge is 0.213 e. The van der Waals surface area contributed by atoms with Crippen LogP contribution in [0.2, 0.25) is 0 Å². The van der Waals surface area contributed by atoms with Crippen LogP contribution in [0, 0.1) is 16.7 Å². The van der Waals surface area contributed by atoms with Crippen LogP contribution in [0.5, 0.6) is 0 Å². The molecule has 2 rings (SSSR count). The van der Waals surface area contributed by atoms with Gasteiger partial charge in [0.05, 0.1) is 17.2 Å². The van der Waals surface area contributed by atoms with E-state index in [1.54, 1.807) is 0 Å². The molecule has 1 saturated heterocycles. The lowest BCUT2D eigenvalue weighted by Gasteiger charge is -2.29. The Kier molecular flexibility index (Phi) is 4.49. The van der Waals surface area contributed by atoms with E-state index in [9.17, 15) is 8.42 Å². The van der Waals surface area contributed by atoms with E-state index in [1.165, 1.54) is 19.3 Å². The van der Waals surface area contributed by atoms with Crippen LogP contribution in [-0.4, -0.2) is 44.7 Å². The molecule has 6 heteroatoms. The van der Waals surface area contributed by atoms with E-state index in [4.69, 9.17) is 5.26 Å². The molecule has 0 aromatic carbocycles. The number of nitrogens with one attached hydrogen (secondary N) is 1. The molecule has 1 N–H and O–H groups in total. The predicted octanol–water partition coefficient (Wildman–Crippen LogP) is 1.08. The molecule has 0 aromatic heterocycles. The molecular formula is C13H23N3O2S. The van der Waals surface area contributed by atoms with Crippen LogP contribution in [0.1, 0.15) is 39.0 Å². The molecule has 1 saturated carbocycles. The third kappa shape index (κ3) is 4.44. The van der Waals surface area contributed by atoms with Gasteiger partial charge in [0.15, 0.2) is 0 Å². The van der Waals surface area contributed by atoms with Gasteiger partial charge in [-0.15, -0.1) is 0 Å². The Morgan fingerprint density at radius 2 is 1.95 bits per heavy atom. The molecule has 1 heterocycles. The van der Waals surface area contributed by atoms with Crippen LogP contribution in [0.15, 0.2) is 0 Å². The van der Waals surface area contributed by atoms with Gasteiger partial charge in [-0.2, -0.15) is 5.26 Å². The fourth-order valence-electron chi connectivity index (χ4n) is 2.72. The minimum absolute atomic E-state index is 0.0408. The van der Waals surface area contributed by atoms with Gasteiger partial charge in [0.1, 0.15) is 0 Å². The molecule has 0 aromatic rings. The van der Waals surface area contributed by atoms with Crippen molar-refractivity contribution in [3.05, 3.63) is 0 Å². The molecule has 0 amide bonds. The molecule has 5 nitrogen and oxygen atoms in total. The van der Waals surface area contributed by atoms with E-state index in [2.05, 4.69) is 15.7 Å². The van der Waals surface area contributed by atoms with Gasteiger partial charge < -0.3 is 4.90 Å². The van der Waals surface area contributed by atoms with Crippen molar-refractivity contribution in [1.29, 1.82) is 5.26 Å². The summed E-state index contributed by atoms with van der Waals surface area (Å²) >= 11 is 0. The number of sulfonamides is 1. The largest absolute Gasteiger partial charge is 0.302 e. The number of piperidine rings is 1. The third-order valence-electron chi connectivity index (χ3n) is 3.92. The topological polar surface area (TPSA) is 73.2 Å². The lowest BCUT2D eigenvalue weighted by atomic mass is 10.1. The van der Waals surface area contributed by atoms with Gasteiger partial charge in [0.2, 0.25) is 10.0 Å². The minimum atomic E-state index is -3.34. The van der Waals surface area contributed by atoms with Crippen molar-refractivity contribution in [2.24, 2.45) is 5.41 Å². The van der Waals surface area contributed by atoms with E-state index in [0.717, 1.165) is 19.6 Å². The SMILES string of the molecule is C[C@H](CN1CCCCC1)NS(=O)(=O)CC1(C#N)CC1. The van der Waals surface area contributed by atoms with Crippen LogP contribution in [-0.2, 0) is 10.0 Å². The Balaban J connectivity index is 1.80. The maximum Gasteiger partial charge on any atom is 0.213 e. The Labute approximate surface area is 116 Å². The highest BCUT2D eigenvalue weighted by atomic mass is 32.2. The zero-order valence-corrected chi connectivity index (χ0v) is 12.4. The fourth-order valence-corrected chi connectivity index (χ4v) is 4.57. The normalized spacial score (nSPS) is 24.6. The van der Waals surface area contributed by atoms with Gasteiger partial charge in [-0.3, -0.25) is 0 Å². The zero-order chi connectivity index (χ0) is 13.9. The molecular weight excluding hydrogens is 262 g/mol. The summed E-state index contributed by atoms with van der Waals surface area (Å²) in [6, 6.07) is 2.05. The summed E-state index contributed by atoms with van der Waals surface area (Å²) in [5, 5.41) is 8.96. The van der Waals surface area contributed by atoms with Crippen molar-refractivity contribution in [2.45, 2.75) is 45.1 Å². The van der Waals surface area contributed by atoms with Crippen LogP contribution in [0.3, 0.4) is 0 Å². The second kappa shape index (κ2) is 5.78. The van der Waals surface area contributed by atoms with Crippen LogP contribution in [0.25, 0.3) is 0 Å². The first kappa shape index (κ1) is 14.8. The summed E-state index contributed by atoms with van der Waals surface area (Å²) in [6.07, 6.45) is 5.12. The second-order valence-electron chi connectivity index (χ2n) is 6.03. The first-order valence-corrected chi connectivity index (χ1v) is 8.74. The average molecular weight is 285 g/mol. The average Bonchev–Trinajstić information content (AvgIpc) is 3.09. The van der Waals surface area contributed by atoms with Crippen molar-refractivity contribution in [1.82, 2.24) is 9.62 Å². The fraction of sp³-hybridized carbons (Fsp3) is 0.923. The van der Waals surface area contributed by atoms with E-state index < -0.39 is 15.4 Å². The molecule has 1 aliphatic carbocycles. The number of likely N-dealkylation sites (tertiary alicyclic amines) is 1.